The second-order valence-electron chi connectivity index (χ2n) is 6.94. The average Bonchev–Trinajstić information content (AvgIpc) is 3.47. The van der Waals surface area contributed by atoms with Crippen molar-refractivity contribution in [2.75, 3.05) is 54.6 Å². The Morgan fingerprint density at radius 2 is 1.90 bits per heavy atom. The first kappa shape index (κ1) is 21.4. The van der Waals surface area contributed by atoms with Crippen LogP contribution in [0.15, 0.2) is 23.5 Å². The molecule has 2 atom stereocenters. The highest BCUT2D eigenvalue weighted by atomic mass is 16.7. The van der Waals surface area contributed by atoms with Crippen LogP contribution in [0.2, 0.25) is 0 Å². The highest BCUT2D eigenvalue weighted by molar-refractivity contribution is 6.00. The van der Waals surface area contributed by atoms with Crippen LogP contribution in [-0.2, 0) is 18.9 Å². The van der Waals surface area contributed by atoms with Crippen molar-refractivity contribution in [3.63, 3.8) is 0 Å². The fourth-order valence-corrected chi connectivity index (χ4v) is 4.00. The molecule has 10 heteroatoms. The van der Waals surface area contributed by atoms with Gasteiger partial charge in [0.15, 0.2) is 11.5 Å². The number of hydrogen-bond donors (Lipinski definition) is 2. The first-order valence-corrected chi connectivity index (χ1v) is 9.77. The number of carbonyl (C=O) groups excluding carboxylic acids is 1. The number of nitrogens with one attached hydrogen (secondary N) is 1. The number of carbonyl (C=O) groups is 1. The number of methoxy groups -OCH3 is 3. The summed E-state index contributed by atoms with van der Waals surface area (Å²) in [5, 5.41) is 12.4. The molecule has 1 aliphatic carbocycles. The van der Waals surface area contributed by atoms with Gasteiger partial charge >= 0.3 is 5.97 Å². The molecule has 0 amide bonds. The maximum Gasteiger partial charge on any atom is 0.338 e. The largest absolute Gasteiger partial charge is 0.498 e. The van der Waals surface area contributed by atoms with Gasteiger partial charge < -0.3 is 43.6 Å². The van der Waals surface area contributed by atoms with E-state index in [-0.39, 0.29) is 25.8 Å². The van der Waals surface area contributed by atoms with Gasteiger partial charge in [-0.05, 0) is 17.7 Å². The van der Waals surface area contributed by atoms with Gasteiger partial charge in [0.1, 0.15) is 24.8 Å². The lowest BCUT2D eigenvalue weighted by Crippen LogP contribution is -2.34. The van der Waals surface area contributed by atoms with E-state index in [2.05, 4.69) is 5.32 Å². The lowest BCUT2D eigenvalue weighted by molar-refractivity contribution is 0.0396. The number of aliphatic hydroxyl groups excluding tert-OH is 1. The molecule has 1 aromatic carbocycles. The highest BCUT2D eigenvalue weighted by Gasteiger charge is 2.44. The predicted octanol–water partition coefficient (Wildman–Crippen LogP) is 0.831. The molecule has 2 aliphatic heterocycles. The normalized spacial score (nSPS) is 21.6. The lowest BCUT2D eigenvalue weighted by atomic mass is 9.83. The first-order chi connectivity index (χ1) is 15.1. The summed E-state index contributed by atoms with van der Waals surface area (Å²) in [7, 11) is 4.36. The molecule has 0 spiro atoms. The fourth-order valence-electron chi connectivity index (χ4n) is 4.00. The van der Waals surface area contributed by atoms with Gasteiger partial charge in [-0.25, -0.2) is 4.79 Å². The van der Waals surface area contributed by atoms with Crippen molar-refractivity contribution in [2.24, 2.45) is 0 Å². The van der Waals surface area contributed by atoms with Crippen LogP contribution in [0.1, 0.15) is 15.9 Å². The van der Waals surface area contributed by atoms with Gasteiger partial charge in [-0.15, -0.1) is 0 Å². The Labute approximate surface area is 179 Å². The summed E-state index contributed by atoms with van der Waals surface area (Å²) in [5.41, 5.74) is 2.23. The Kier molecular flexibility index (Phi) is 6.33. The van der Waals surface area contributed by atoms with E-state index in [9.17, 15) is 9.90 Å². The minimum Gasteiger partial charge on any atom is -0.498 e. The molecule has 0 radical (unpaired) electrons. The van der Waals surface area contributed by atoms with Crippen LogP contribution in [-0.4, -0.2) is 77.9 Å². The molecule has 2 unspecified atom stereocenters. The number of benzene rings is 1. The highest BCUT2D eigenvalue weighted by Crippen LogP contribution is 2.51. The molecular weight excluding hydrogens is 410 g/mol. The van der Waals surface area contributed by atoms with E-state index in [4.69, 9.17) is 33.2 Å². The number of ether oxygens (including phenoxy) is 7. The van der Waals surface area contributed by atoms with Crippen molar-refractivity contribution in [2.45, 2.75) is 12.2 Å². The smallest absolute Gasteiger partial charge is 0.338 e. The number of hydrogen-bond acceptors (Lipinski definition) is 10. The van der Waals surface area contributed by atoms with Crippen LogP contribution in [0.25, 0.3) is 5.57 Å². The summed E-state index contributed by atoms with van der Waals surface area (Å²) in [6.45, 7) is 0.817. The summed E-state index contributed by atoms with van der Waals surface area (Å²) in [6, 6.07) is 1.57. The van der Waals surface area contributed by atoms with Gasteiger partial charge in [0.05, 0.1) is 33.5 Å². The summed E-state index contributed by atoms with van der Waals surface area (Å²) in [5.74, 6) is 1.18. The third-order valence-corrected chi connectivity index (χ3v) is 5.34. The Hall–Kier alpha value is -2.79. The molecule has 10 nitrogen and oxygen atoms in total. The molecule has 0 aromatic heterocycles. The zero-order valence-electron chi connectivity index (χ0n) is 17.6. The lowest BCUT2D eigenvalue weighted by Gasteiger charge is -2.30. The molecular formula is C21H25NO9. The molecule has 1 aromatic rings. The van der Waals surface area contributed by atoms with Gasteiger partial charge in [0.2, 0.25) is 12.5 Å². The Bertz CT molecular complexity index is 924. The number of fused-ring (bicyclic) bond motifs is 2. The summed E-state index contributed by atoms with van der Waals surface area (Å²) < 4.78 is 39.1. The molecule has 2 heterocycles. The fraction of sp³-hybridized carbons (Fsp3) is 0.476. The summed E-state index contributed by atoms with van der Waals surface area (Å²) in [6.07, 6.45) is 0.825. The zero-order valence-corrected chi connectivity index (χ0v) is 17.6. The Morgan fingerprint density at radius 3 is 2.61 bits per heavy atom. The summed E-state index contributed by atoms with van der Waals surface area (Å²) >= 11 is 0. The second kappa shape index (κ2) is 9.15. The third-order valence-electron chi connectivity index (χ3n) is 5.34. The quantitative estimate of drug-likeness (QED) is 0.450. The Balaban J connectivity index is 1.97. The minimum absolute atomic E-state index is 0.0146. The van der Waals surface area contributed by atoms with E-state index >= 15 is 0 Å². The molecule has 31 heavy (non-hydrogen) atoms. The molecule has 3 aliphatic rings. The van der Waals surface area contributed by atoms with Crippen LogP contribution >= 0.6 is 0 Å². The van der Waals surface area contributed by atoms with Crippen molar-refractivity contribution in [3.8, 4) is 17.2 Å². The standard InChI is InChI=1S/C21H25NO9/c1-25-13-6-11(8-22-4-5-23)15(19-17(13)28-9-30-19)16-12(21(24)27-3)7-14(26-2)18-20(16)31-10-29-18/h6-7,17,19,22-23H,4-5,8-10H2,1-3H3. The maximum absolute atomic E-state index is 12.8. The van der Waals surface area contributed by atoms with Crippen molar-refractivity contribution >= 4 is 11.5 Å². The van der Waals surface area contributed by atoms with Gasteiger partial charge in [0, 0.05) is 24.2 Å². The topological polar surface area (TPSA) is 114 Å². The van der Waals surface area contributed by atoms with E-state index in [0.29, 0.717) is 47.2 Å². The summed E-state index contributed by atoms with van der Waals surface area (Å²) in [4.78, 5) is 12.8. The van der Waals surface area contributed by atoms with Crippen molar-refractivity contribution < 1.29 is 43.1 Å². The number of aliphatic hydroxyl groups is 1. The average molecular weight is 435 g/mol. The molecule has 2 N–H and O–H groups in total. The van der Waals surface area contributed by atoms with E-state index in [1.807, 2.05) is 6.08 Å². The van der Waals surface area contributed by atoms with E-state index < -0.39 is 18.2 Å². The predicted molar refractivity (Wildman–Crippen MR) is 107 cm³/mol. The molecule has 1 saturated heterocycles. The minimum atomic E-state index is -0.557. The Morgan fingerprint density at radius 1 is 1.13 bits per heavy atom. The molecule has 0 bridgehead atoms. The first-order valence-electron chi connectivity index (χ1n) is 9.77. The SMILES string of the molecule is COC(=O)c1cc(OC)c2c(c1C1=C(CNCCO)C=C(OC)C3OCOC13)OCO2. The van der Waals surface area contributed by atoms with Crippen molar-refractivity contribution in [1.29, 1.82) is 0 Å². The van der Waals surface area contributed by atoms with Gasteiger partial charge in [-0.1, -0.05) is 0 Å². The van der Waals surface area contributed by atoms with Gasteiger partial charge in [0.25, 0.3) is 0 Å². The van der Waals surface area contributed by atoms with E-state index in [1.54, 1.807) is 13.2 Å². The van der Waals surface area contributed by atoms with Crippen LogP contribution in [0.4, 0.5) is 0 Å². The van der Waals surface area contributed by atoms with Crippen LogP contribution < -0.4 is 19.5 Å². The van der Waals surface area contributed by atoms with Crippen molar-refractivity contribution in [1.82, 2.24) is 5.32 Å². The molecule has 168 valence electrons. The van der Waals surface area contributed by atoms with Gasteiger partial charge in [-0.3, -0.25) is 0 Å². The monoisotopic (exact) mass is 435 g/mol. The second-order valence-corrected chi connectivity index (χ2v) is 6.94. The number of esters is 1. The molecule has 0 saturated carbocycles. The van der Waals surface area contributed by atoms with Crippen LogP contribution in [0.3, 0.4) is 0 Å². The molecule has 1 fully saturated rings. The van der Waals surface area contributed by atoms with Crippen LogP contribution in [0, 0.1) is 0 Å². The van der Waals surface area contributed by atoms with E-state index in [1.165, 1.54) is 14.2 Å². The number of rotatable bonds is 8. The van der Waals surface area contributed by atoms with Gasteiger partial charge in [-0.2, -0.15) is 0 Å². The van der Waals surface area contributed by atoms with Crippen molar-refractivity contribution in [3.05, 3.63) is 34.6 Å². The molecule has 4 rings (SSSR count). The van der Waals surface area contributed by atoms with E-state index in [0.717, 1.165) is 5.57 Å². The maximum atomic E-state index is 12.8. The third kappa shape index (κ3) is 3.72. The van der Waals surface area contributed by atoms with Crippen LogP contribution in [0.5, 0.6) is 17.2 Å². The zero-order chi connectivity index (χ0) is 22.0.